The molecule has 0 amide bonds. The molecule has 1 aromatic heterocycles. The van der Waals surface area contributed by atoms with Gasteiger partial charge in [-0.25, -0.2) is 4.98 Å². The average Bonchev–Trinajstić information content (AvgIpc) is 3.19. The highest BCUT2D eigenvalue weighted by Crippen LogP contribution is 2.34. The van der Waals surface area contributed by atoms with Crippen LogP contribution in [0.5, 0.6) is 5.75 Å². The lowest BCUT2D eigenvalue weighted by molar-refractivity contribution is 0.104. The van der Waals surface area contributed by atoms with Crippen molar-refractivity contribution in [2.24, 2.45) is 0 Å². The summed E-state index contributed by atoms with van der Waals surface area (Å²) in [6.45, 7) is 0. The predicted molar refractivity (Wildman–Crippen MR) is 119 cm³/mol. The predicted octanol–water partition coefficient (Wildman–Crippen LogP) is 6.45. The number of aromatic nitrogens is 1. The lowest BCUT2D eigenvalue weighted by Gasteiger charge is -2.03. The lowest BCUT2D eigenvalue weighted by Crippen LogP contribution is -2.00. The van der Waals surface area contributed by atoms with Crippen molar-refractivity contribution >= 4 is 39.5 Å². The molecule has 3 aromatic carbocycles. The maximum atomic E-state index is 13.2. The molecule has 0 bridgehead atoms. The van der Waals surface area contributed by atoms with E-state index in [0.29, 0.717) is 26.3 Å². The second-order valence-corrected chi connectivity index (χ2v) is 7.69. The highest BCUT2D eigenvalue weighted by atomic mass is 35.5. The van der Waals surface area contributed by atoms with Crippen molar-refractivity contribution in [1.29, 1.82) is 0 Å². The van der Waals surface area contributed by atoms with Gasteiger partial charge >= 0.3 is 0 Å². The summed E-state index contributed by atoms with van der Waals surface area (Å²) in [7, 11) is 1.63. The maximum absolute atomic E-state index is 13.2. The smallest absolute Gasteiger partial charge is 0.205 e. The Kier molecular flexibility index (Phi) is 5.60. The van der Waals surface area contributed by atoms with Gasteiger partial charge < -0.3 is 10.1 Å². The molecule has 6 heteroatoms. The Balaban J connectivity index is 1.72. The molecule has 1 N–H and O–H groups in total. The number of nitrogens with one attached hydrogen (secondary N) is 1. The summed E-state index contributed by atoms with van der Waals surface area (Å²) < 4.78 is 5.19. The van der Waals surface area contributed by atoms with Crippen LogP contribution in [0.2, 0.25) is 5.02 Å². The Morgan fingerprint density at radius 2 is 1.66 bits per heavy atom. The van der Waals surface area contributed by atoms with Gasteiger partial charge in [0.1, 0.15) is 10.6 Å². The van der Waals surface area contributed by atoms with Crippen LogP contribution in [-0.4, -0.2) is 17.9 Å². The number of ether oxygens (including phenoxy) is 1. The molecule has 0 spiro atoms. The van der Waals surface area contributed by atoms with Crippen molar-refractivity contribution in [3.8, 4) is 17.0 Å². The van der Waals surface area contributed by atoms with Gasteiger partial charge in [-0.3, -0.25) is 4.79 Å². The minimum atomic E-state index is -0.0826. The Bertz CT molecular complexity index is 1120. The first-order valence-corrected chi connectivity index (χ1v) is 10.1. The summed E-state index contributed by atoms with van der Waals surface area (Å²) in [5.74, 6) is 0.694. The summed E-state index contributed by atoms with van der Waals surface area (Å²) in [5.41, 5.74) is 2.99. The summed E-state index contributed by atoms with van der Waals surface area (Å²) in [6.07, 6.45) is 0. The average molecular weight is 421 g/mol. The number of rotatable bonds is 6. The van der Waals surface area contributed by atoms with Gasteiger partial charge in [-0.2, -0.15) is 0 Å². The van der Waals surface area contributed by atoms with Crippen LogP contribution in [0.15, 0.2) is 78.9 Å². The monoisotopic (exact) mass is 420 g/mol. The summed E-state index contributed by atoms with van der Waals surface area (Å²) >= 11 is 7.30. The Morgan fingerprint density at radius 3 is 2.31 bits per heavy atom. The van der Waals surface area contributed by atoms with Gasteiger partial charge in [-0.15, -0.1) is 0 Å². The van der Waals surface area contributed by atoms with E-state index in [0.717, 1.165) is 17.0 Å². The Hall–Kier alpha value is -3.15. The highest BCUT2D eigenvalue weighted by molar-refractivity contribution is 7.18. The van der Waals surface area contributed by atoms with E-state index in [1.165, 1.54) is 11.3 Å². The van der Waals surface area contributed by atoms with Crippen LogP contribution in [0.25, 0.3) is 11.3 Å². The maximum Gasteiger partial charge on any atom is 0.205 e. The van der Waals surface area contributed by atoms with Crippen molar-refractivity contribution in [3.05, 3.63) is 94.3 Å². The highest BCUT2D eigenvalue weighted by Gasteiger charge is 2.21. The minimum absolute atomic E-state index is 0.0826. The number of methoxy groups -OCH3 is 1. The quantitative estimate of drug-likeness (QED) is 0.364. The number of hydrogen-bond acceptors (Lipinski definition) is 5. The molecule has 29 heavy (non-hydrogen) atoms. The molecule has 0 fully saturated rings. The van der Waals surface area contributed by atoms with Gasteiger partial charge in [0, 0.05) is 21.8 Å². The SMILES string of the molecule is COc1ccc(Nc2nc(-c3ccccc3)c(C(=O)c3ccc(Cl)cc3)s2)cc1. The molecule has 0 aliphatic heterocycles. The number of nitrogens with zero attached hydrogens (tertiary/aromatic N) is 1. The van der Waals surface area contributed by atoms with Crippen molar-refractivity contribution in [3.63, 3.8) is 0 Å². The molecule has 144 valence electrons. The van der Waals surface area contributed by atoms with Gasteiger partial charge in [0.2, 0.25) is 5.78 Å². The molecule has 0 saturated heterocycles. The number of ketones is 1. The van der Waals surface area contributed by atoms with Gasteiger partial charge in [0.15, 0.2) is 5.13 Å². The minimum Gasteiger partial charge on any atom is -0.497 e. The van der Waals surface area contributed by atoms with E-state index in [1.807, 2.05) is 54.6 Å². The third-order valence-corrected chi connectivity index (χ3v) is 5.55. The molecule has 1 heterocycles. The van der Waals surface area contributed by atoms with Crippen molar-refractivity contribution in [1.82, 2.24) is 4.98 Å². The van der Waals surface area contributed by atoms with Gasteiger partial charge in [-0.1, -0.05) is 53.3 Å². The fraction of sp³-hybridized carbons (Fsp3) is 0.0435. The molecule has 0 saturated carbocycles. The van der Waals surface area contributed by atoms with Gasteiger partial charge in [0.25, 0.3) is 0 Å². The number of anilines is 2. The molecule has 0 aliphatic rings. The zero-order chi connectivity index (χ0) is 20.2. The molecular formula is C23H17ClN2O2S. The van der Waals surface area contributed by atoms with Crippen LogP contribution in [0.4, 0.5) is 10.8 Å². The van der Waals surface area contributed by atoms with Crippen LogP contribution in [0.1, 0.15) is 15.2 Å². The molecular weight excluding hydrogens is 404 g/mol. The summed E-state index contributed by atoms with van der Waals surface area (Å²) in [5, 5.41) is 4.52. The van der Waals surface area contributed by atoms with Gasteiger partial charge in [0.05, 0.1) is 12.8 Å². The van der Waals surface area contributed by atoms with Gasteiger partial charge in [-0.05, 0) is 48.5 Å². The van der Waals surface area contributed by atoms with E-state index in [-0.39, 0.29) is 5.78 Å². The first-order chi connectivity index (χ1) is 14.1. The molecule has 0 atom stereocenters. The standard InChI is InChI=1S/C23H17ClN2O2S/c1-28-19-13-11-18(12-14-19)25-23-26-20(15-5-3-2-4-6-15)22(29-23)21(27)16-7-9-17(24)10-8-16/h2-14H,1H3,(H,25,26). The van der Waals surface area contributed by atoms with E-state index < -0.39 is 0 Å². The van der Waals surface area contributed by atoms with Crippen molar-refractivity contribution < 1.29 is 9.53 Å². The fourth-order valence-electron chi connectivity index (χ4n) is 2.85. The van der Waals surface area contributed by atoms with E-state index in [1.54, 1.807) is 31.4 Å². The lowest BCUT2D eigenvalue weighted by atomic mass is 10.1. The van der Waals surface area contributed by atoms with Crippen LogP contribution in [0.3, 0.4) is 0 Å². The zero-order valence-electron chi connectivity index (χ0n) is 15.6. The Labute approximate surface area is 177 Å². The molecule has 4 nitrogen and oxygen atoms in total. The number of halogens is 1. The summed E-state index contributed by atoms with van der Waals surface area (Å²) in [6, 6.07) is 24.1. The van der Waals surface area contributed by atoms with Crippen LogP contribution in [0, 0.1) is 0 Å². The van der Waals surface area contributed by atoms with E-state index in [4.69, 9.17) is 21.3 Å². The second-order valence-electron chi connectivity index (χ2n) is 6.25. The van der Waals surface area contributed by atoms with E-state index in [9.17, 15) is 4.79 Å². The number of carbonyl (C=O) groups is 1. The molecule has 0 radical (unpaired) electrons. The number of thiazole rings is 1. The first kappa shape index (κ1) is 19.2. The van der Waals surface area contributed by atoms with Crippen LogP contribution >= 0.6 is 22.9 Å². The first-order valence-electron chi connectivity index (χ1n) is 8.91. The molecule has 4 aromatic rings. The topological polar surface area (TPSA) is 51.2 Å². The summed E-state index contributed by atoms with van der Waals surface area (Å²) in [4.78, 5) is 18.5. The fourth-order valence-corrected chi connectivity index (χ4v) is 3.95. The van der Waals surface area contributed by atoms with Crippen molar-refractivity contribution in [2.75, 3.05) is 12.4 Å². The van der Waals surface area contributed by atoms with E-state index >= 15 is 0 Å². The number of benzene rings is 3. The molecule has 0 unspecified atom stereocenters. The molecule has 4 rings (SSSR count). The largest absolute Gasteiger partial charge is 0.497 e. The number of hydrogen-bond donors (Lipinski definition) is 1. The molecule has 0 aliphatic carbocycles. The van der Waals surface area contributed by atoms with Crippen LogP contribution < -0.4 is 10.1 Å². The third kappa shape index (κ3) is 4.31. The van der Waals surface area contributed by atoms with E-state index in [2.05, 4.69) is 5.32 Å². The Morgan fingerprint density at radius 1 is 0.966 bits per heavy atom. The zero-order valence-corrected chi connectivity index (χ0v) is 17.1. The normalized spacial score (nSPS) is 10.6. The van der Waals surface area contributed by atoms with Crippen LogP contribution in [-0.2, 0) is 0 Å². The third-order valence-electron chi connectivity index (χ3n) is 4.33. The second kappa shape index (κ2) is 8.47. The number of carbonyl (C=O) groups excluding carboxylic acids is 1. The van der Waals surface area contributed by atoms with Crippen molar-refractivity contribution in [2.45, 2.75) is 0 Å².